The largest absolute Gasteiger partial charge is 0.365 e. The Labute approximate surface area is 261 Å². The van der Waals surface area contributed by atoms with Gasteiger partial charge in [0.15, 0.2) is 19.1 Å². The lowest BCUT2D eigenvalue weighted by atomic mass is 10.4. The van der Waals surface area contributed by atoms with Gasteiger partial charge in [0.25, 0.3) is 0 Å². The number of nitrogens with one attached hydrogen (secondary N) is 15. The van der Waals surface area contributed by atoms with Gasteiger partial charge in [0.05, 0.1) is 24.7 Å². The van der Waals surface area contributed by atoms with Crippen molar-refractivity contribution in [1.29, 1.82) is 0 Å². The van der Waals surface area contributed by atoms with Crippen molar-refractivity contribution in [3.8, 4) is 0 Å². The van der Waals surface area contributed by atoms with E-state index in [4.69, 9.17) is 44.0 Å². The molecule has 0 bridgehead atoms. The minimum absolute atomic E-state index is 0.0521. The molecule has 0 aromatic heterocycles. The molecule has 0 aromatic rings. The molecule has 28 N–H and O–H groups in total. The number of amides is 4. The maximum Gasteiger partial charge on any atom is 0.328 e. The number of carbonyl (C=O) groups excluding carboxylic acids is 2. The van der Waals surface area contributed by atoms with Gasteiger partial charge in [0, 0.05) is 0 Å². The molecule has 25 nitrogen and oxygen atoms in total. The van der Waals surface area contributed by atoms with E-state index in [2.05, 4.69) is 81.0 Å². The second-order valence-electron chi connectivity index (χ2n) is 9.99. The van der Waals surface area contributed by atoms with Gasteiger partial charge in [-0.3, -0.25) is 74.4 Å². The molecule has 264 valence electrons. The van der Waals surface area contributed by atoms with Gasteiger partial charge in [-0.25, -0.2) is 14.9 Å². The van der Waals surface area contributed by atoms with Crippen LogP contribution in [0.25, 0.3) is 0 Å². The molecule has 25 heteroatoms. The molecule has 5 aliphatic rings. The van der Waals surface area contributed by atoms with Gasteiger partial charge in [0.1, 0.15) is 37.3 Å². The average molecular weight is 655 g/mol. The topological polar surface area (TPSA) is 405 Å². The Morgan fingerprint density at radius 1 is 0.444 bits per heavy atom. The Hall–Kier alpha value is -2.32. The number of hydrogen-bond donors (Lipinski definition) is 23. The highest BCUT2D eigenvalue weighted by Gasteiger charge is 2.20. The molecule has 0 spiro atoms. The normalized spacial score (nSPS) is 39.6. The Morgan fingerprint density at radius 2 is 0.711 bits per heavy atom. The summed E-state index contributed by atoms with van der Waals surface area (Å²) >= 11 is 0. The molecular weight excluding hydrogens is 600 g/mol. The minimum Gasteiger partial charge on any atom is -0.365 e. The maximum absolute atomic E-state index is 10.3. The first-order valence-electron chi connectivity index (χ1n) is 13.9. The predicted molar refractivity (Wildman–Crippen MR) is 163 cm³/mol. The molecular formula is C20H54N20O5. The first-order chi connectivity index (χ1) is 20.9. The smallest absolute Gasteiger partial charge is 0.328 e. The Kier molecular flexibility index (Phi) is 18.8. The number of urea groups is 2. The van der Waals surface area contributed by atoms with E-state index in [1.54, 1.807) is 6.92 Å². The number of rotatable bonds is 0. The number of carbonyl (C=O) groups is 2. The molecule has 0 radical (unpaired) electrons. The maximum atomic E-state index is 10.3. The van der Waals surface area contributed by atoms with E-state index < -0.39 is 31.1 Å². The van der Waals surface area contributed by atoms with Crippen LogP contribution in [0.1, 0.15) is 27.7 Å². The summed E-state index contributed by atoms with van der Waals surface area (Å²) in [5.74, 6) is 0.198. The second kappa shape index (κ2) is 20.7. The molecule has 9 unspecified atom stereocenters. The quantitative estimate of drug-likeness (QED) is 0.115. The lowest BCUT2D eigenvalue weighted by molar-refractivity contribution is -0.0439. The van der Waals surface area contributed by atoms with E-state index in [0.29, 0.717) is 0 Å². The first-order valence-corrected chi connectivity index (χ1v) is 13.9. The number of imide groups is 1. The number of nitrogens with two attached hydrogens (primary N) is 5. The van der Waals surface area contributed by atoms with Crippen molar-refractivity contribution < 1.29 is 24.9 Å². The molecule has 5 aliphatic heterocycles. The molecule has 5 rings (SSSR count). The van der Waals surface area contributed by atoms with Crippen molar-refractivity contribution in [3.05, 3.63) is 12.4 Å². The van der Waals surface area contributed by atoms with E-state index in [0.717, 1.165) is 0 Å². The van der Waals surface area contributed by atoms with Gasteiger partial charge in [-0.2, -0.15) is 0 Å². The fourth-order valence-electron chi connectivity index (χ4n) is 3.81. The standard InChI is InChI=1S/2C4H13N5.C4H12N4O.C4H11N3O2.C4H5N3O2/c2*1-2-7-3(5)9-4(6)8-2;1-2-6-3(5)8-4(9)7-2;2*1-2-5-3(8)7-4(9)6-2/h2*2-4,7-9H,5-6H2,1H3;2-4,6-9H,5H2,1H3;2-9H,1H3;1H2,(H3,5,6,7,8,9). The van der Waals surface area contributed by atoms with Crippen molar-refractivity contribution in [1.82, 2.24) is 79.8 Å². The highest BCUT2D eigenvalue weighted by atomic mass is 16.3. The molecule has 9 atom stereocenters. The highest BCUT2D eigenvalue weighted by molar-refractivity contribution is 5.97. The molecule has 5 heterocycles. The van der Waals surface area contributed by atoms with Crippen LogP contribution in [0, 0.1) is 0 Å². The first kappa shape index (κ1) is 40.7. The van der Waals surface area contributed by atoms with Crippen LogP contribution in [-0.2, 0) is 0 Å². The van der Waals surface area contributed by atoms with Crippen molar-refractivity contribution in [2.45, 2.75) is 103 Å². The van der Waals surface area contributed by atoms with Crippen LogP contribution in [0.3, 0.4) is 0 Å². The van der Waals surface area contributed by atoms with Crippen LogP contribution in [-0.4, -0.2) is 103 Å². The van der Waals surface area contributed by atoms with Gasteiger partial charge in [-0.1, -0.05) is 6.58 Å². The molecule has 5 fully saturated rings. The van der Waals surface area contributed by atoms with Crippen LogP contribution in [0.2, 0.25) is 0 Å². The number of aliphatic hydroxyl groups excluding tert-OH is 3. The predicted octanol–water partition coefficient (Wildman–Crippen LogP) is -10.0. The highest BCUT2D eigenvalue weighted by Crippen LogP contribution is 1.88. The van der Waals surface area contributed by atoms with Crippen molar-refractivity contribution in [3.63, 3.8) is 0 Å². The third-order valence-corrected chi connectivity index (χ3v) is 5.50. The molecule has 0 aliphatic carbocycles. The lowest BCUT2D eigenvalue weighted by Gasteiger charge is -2.32. The van der Waals surface area contributed by atoms with Crippen LogP contribution in [0.5, 0.6) is 0 Å². The molecule has 45 heavy (non-hydrogen) atoms. The van der Waals surface area contributed by atoms with Gasteiger partial charge in [-0.15, -0.1) is 0 Å². The summed E-state index contributed by atoms with van der Waals surface area (Å²) in [7, 11) is 0. The van der Waals surface area contributed by atoms with Crippen molar-refractivity contribution >= 4 is 12.1 Å². The fourth-order valence-corrected chi connectivity index (χ4v) is 3.81. The summed E-state index contributed by atoms with van der Waals surface area (Å²) in [6, 6.07) is -1.10. The molecule has 0 saturated carbocycles. The third-order valence-electron chi connectivity index (χ3n) is 5.50. The Bertz CT molecular complexity index is 652. The van der Waals surface area contributed by atoms with Crippen LogP contribution < -0.4 is 108 Å². The molecule has 0 aromatic carbocycles. The summed E-state index contributed by atoms with van der Waals surface area (Å²) in [4.78, 5) is 20.7. The van der Waals surface area contributed by atoms with Crippen LogP contribution >= 0.6 is 0 Å². The van der Waals surface area contributed by atoms with E-state index in [1.807, 2.05) is 26.1 Å². The number of aliphatic hydroxyl groups is 3. The van der Waals surface area contributed by atoms with E-state index >= 15 is 0 Å². The summed E-state index contributed by atoms with van der Waals surface area (Å²) in [6.45, 7) is 10.9. The van der Waals surface area contributed by atoms with E-state index in [9.17, 15) is 9.59 Å². The van der Waals surface area contributed by atoms with Gasteiger partial charge in [0.2, 0.25) is 0 Å². The summed E-state index contributed by atoms with van der Waals surface area (Å²) in [6.07, 6.45) is -3.13. The number of hydrogen-bond acceptors (Lipinski definition) is 22. The van der Waals surface area contributed by atoms with Gasteiger partial charge in [-0.05, 0) is 27.7 Å². The third kappa shape index (κ3) is 19.7. The van der Waals surface area contributed by atoms with Crippen molar-refractivity contribution in [2.75, 3.05) is 0 Å². The Morgan fingerprint density at radius 3 is 0.956 bits per heavy atom. The lowest BCUT2D eigenvalue weighted by Crippen LogP contribution is -2.71. The zero-order valence-corrected chi connectivity index (χ0v) is 25.7. The minimum atomic E-state index is -0.823. The molecule has 4 amide bonds. The summed E-state index contributed by atoms with van der Waals surface area (Å²) in [5, 5.41) is 66.7. The SMILES string of the molecule is C=C1NC(=O)NC(=O)N1.CC1NC(N)NC(N)N1.CC1NC(N)NC(N)N1.CC1NC(N)NC(O)N1.CC1NC(O)NC(O)N1. The summed E-state index contributed by atoms with van der Waals surface area (Å²) in [5.41, 5.74) is 27.3. The van der Waals surface area contributed by atoms with Crippen LogP contribution in [0.15, 0.2) is 12.4 Å². The van der Waals surface area contributed by atoms with Crippen molar-refractivity contribution in [2.24, 2.45) is 28.7 Å². The van der Waals surface area contributed by atoms with Gasteiger partial charge < -0.3 is 44.0 Å². The second-order valence-corrected chi connectivity index (χ2v) is 9.99. The van der Waals surface area contributed by atoms with E-state index in [-0.39, 0.29) is 61.9 Å². The fraction of sp³-hybridized carbons (Fsp3) is 0.800. The average Bonchev–Trinajstić information content (AvgIpc) is 2.81. The van der Waals surface area contributed by atoms with Gasteiger partial charge >= 0.3 is 12.1 Å². The zero-order chi connectivity index (χ0) is 34.3. The monoisotopic (exact) mass is 654 g/mol. The Balaban J connectivity index is 0.000000281. The molecule has 5 saturated heterocycles. The van der Waals surface area contributed by atoms with E-state index in [1.165, 1.54) is 0 Å². The van der Waals surface area contributed by atoms with Crippen LogP contribution in [0.4, 0.5) is 9.59 Å². The zero-order valence-electron chi connectivity index (χ0n) is 25.7. The summed E-state index contributed by atoms with van der Waals surface area (Å²) < 4.78 is 0.